The van der Waals surface area contributed by atoms with Crippen molar-refractivity contribution in [1.82, 2.24) is 4.90 Å². The van der Waals surface area contributed by atoms with E-state index in [1.165, 1.54) is 12.1 Å². The summed E-state index contributed by atoms with van der Waals surface area (Å²) in [6.07, 6.45) is -4.42. The van der Waals surface area contributed by atoms with Crippen molar-refractivity contribution < 1.29 is 22.7 Å². The van der Waals surface area contributed by atoms with Gasteiger partial charge in [0.1, 0.15) is 6.54 Å². The Labute approximate surface area is 129 Å². The Morgan fingerprint density at radius 2 is 1.73 bits per heavy atom. The normalized spacial score (nSPS) is 13.3. The molecule has 0 N–H and O–H groups in total. The Morgan fingerprint density at radius 3 is 2.14 bits per heavy atom. The van der Waals surface area contributed by atoms with Gasteiger partial charge in [-0.15, -0.1) is 0 Å². The van der Waals surface area contributed by atoms with Gasteiger partial charge in [-0.05, 0) is 30.5 Å². The van der Waals surface area contributed by atoms with Gasteiger partial charge in [0.15, 0.2) is 0 Å². The van der Waals surface area contributed by atoms with Crippen molar-refractivity contribution in [2.24, 2.45) is 5.92 Å². The summed E-state index contributed by atoms with van der Waals surface area (Å²) in [5.41, 5.74) is 1.11. The summed E-state index contributed by atoms with van der Waals surface area (Å²) in [7, 11) is 1.55. The molecule has 1 aromatic carbocycles. The summed E-state index contributed by atoms with van der Waals surface area (Å²) in [5.74, 6) is -0.679. The molecule has 0 saturated carbocycles. The van der Waals surface area contributed by atoms with Gasteiger partial charge in [-0.3, -0.25) is 4.79 Å². The summed E-state index contributed by atoms with van der Waals surface area (Å²) in [6.45, 7) is 4.37. The number of rotatable bonds is 6. The van der Waals surface area contributed by atoms with E-state index in [0.717, 1.165) is 10.5 Å². The molecular weight excluding hydrogens is 295 g/mol. The first-order valence-electron chi connectivity index (χ1n) is 7.11. The van der Waals surface area contributed by atoms with Gasteiger partial charge < -0.3 is 9.64 Å². The van der Waals surface area contributed by atoms with Crippen LogP contribution in [0.1, 0.15) is 36.7 Å². The minimum absolute atomic E-state index is 0.0703. The standard InChI is InChI=1S/C16H22F3NO2/c1-11(2)12(3)20(10-16(17,18)19)15(21)14-7-5-13(6-8-14)9-22-4/h5-8,11-12H,9-10H2,1-4H3/t12-/m0/s1. The summed E-state index contributed by atoms with van der Waals surface area (Å²) in [6, 6.07) is 5.93. The maximum absolute atomic E-state index is 12.8. The Morgan fingerprint density at radius 1 is 1.18 bits per heavy atom. The van der Waals surface area contributed by atoms with Crippen molar-refractivity contribution in [3.05, 3.63) is 35.4 Å². The SMILES string of the molecule is COCc1ccc(C(=O)N(CC(F)(F)F)[C@@H](C)C(C)C)cc1. The molecule has 0 saturated heterocycles. The molecule has 22 heavy (non-hydrogen) atoms. The third-order valence-corrected chi connectivity index (χ3v) is 3.58. The third-order valence-electron chi connectivity index (χ3n) is 3.58. The molecule has 1 aromatic rings. The summed E-state index contributed by atoms with van der Waals surface area (Å²) in [4.78, 5) is 13.3. The fourth-order valence-electron chi connectivity index (χ4n) is 2.03. The maximum Gasteiger partial charge on any atom is 0.406 e. The van der Waals surface area contributed by atoms with E-state index in [9.17, 15) is 18.0 Å². The van der Waals surface area contributed by atoms with Crippen LogP contribution in [-0.2, 0) is 11.3 Å². The van der Waals surface area contributed by atoms with Crippen LogP contribution in [-0.4, -0.2) is 36.7 Å². The van der Waals surface area contributed by atoms with Crippen LogP contribution in [0, 0.1) is 5.92 Å². The van der Waals surface area contributed by atoms with Crippen molar-refractivity contribution in [3.8, 4) is 0 Å². The highest BCUT2D eigenvalue weighted by Crippen LogP contribution is 2.23. The smallest absolute Gasteiger partial charge is 0.380 e. The second-order valence-electron chi connectivity index (χ2n) is 5.66. The highest BCUT2D eigenvalue weighted by atomic mass is 19.4. The third kappa shape index (κ3) is 5.33. The largest absolute Gasteiger partial charge is 0.406 e. The van der Waals surface area contributed by atoms with Crippen LogP contribution in [0.2, 0.25) is 0 Å². The summed E-state index contributed by atoms with van der Waals surface area (Å²) in [5, 5.41) is 0. The average molecular weight is 317 g/mol. The predicted molar refractivity (Wildman–Crippen MR) is 78.5 cm³/mol. The van der Waals surface area contributed by atoms with Gasteiger partial charge in [0.2, 0.25) is 0 Å². The minimum Gasteiger partial charge on any atom is -0.380 e. The molecule has 0 aliphatic carbocycles. The molecule has 0 unspecified atom stereocenters. The number of hydrogen-bond acceptors (Lipinski definition) is 2. The van der Waals surface area contributed by atoms with Gasteiger partial charge in [-0.1, -0.05) is 26.0 Å². The number of alkyl halides is 3. The molecule has 0 bridgehead atoms. The fraction of sp³-hybridized carbons (Fsp3) is 0.562. The molecule has 124 valence electrons. The van der Waals surface area contributed by atoms with Crippen LogP contribution in [0.4, 0.5) is 13.2 Å². The number of hydrogen-bond donors (Lipinski definition) is 0. The lowest BCUT2D eigenvalue weighted by atomic mass is 10.0. The quantitative estimate of drug-likeness (QED) is 0.797. The Kier molecular flexibility index (Phi) is 6.41. The summed E-state index contributed by atoms with van der Waals surface area (Å²) >= 11 is 0. The van der Waals surface area contributed by atoms with Gasteiger partial charge >= 0.3 is 6.18 Å². The molecule has 0 fully saturated rings. The number of halogens is 3. The zero-order chi connectivity index (χ0) is 16.9. The Bertz CT molecular complexity index is 483. The van der Waals surface area contributed by atoms with Crippen molar-refractivity contribution >= 4 is 5.91 Å². The number of nitrogens with zero attached hydrogens (tertiary/aromatic N) is 1. The lowest BCUT2D eigenvalue weighted by Crippen LogP contribution is -2.46. The number of ether oxygens (including phenoxy) is 1. The second-order valence-corrected chi connectivity index (χ2v) is 5.66. The van der Waals surface area contributed by atoms with E-state index in [4.69, 9.17) is 4.74 Å². The number of carbonyl (C=O) groups is 1. The Balaban J connectivity index is 3.00. The average Bonchev–Trinajstić information content (AvgIpc) is 2.43. The lowest BCUT2D eigenvalue weighted by Gasteiger charge is -2.32. The van der Waals surface area contributed by atoms with Gasteiger partial charge in [0, 0.05) is 18.7 Å². The zero-order valence-electron chi connectivity index (χ0n) is 13.3. The van der Waals surface area contributed by atoms with E-state index < -0.39 is 24.7 Å². The molecule has 0 aliphatic heterocycles. The van der Waals surface area contributed by atoms with Crippen LogP contribution in [0.25, 0.3) is 0 Å². The maximum atomic E-state index is 12.8. The number of amides is 1. The molecule has 0 aromatic heterocycles. The second kappa shape index (κ2) is 7.63. The van der Waals surface area contributed by atoms with Crippen LogP contribution >= 0.6 is 0 Å². The van der Waals surface area contributed by atoms with E-state index in [-0.39, 0.29) is 11.5 Å². The van der Waals surface area contributed by atoms with Gasteiger partial charge in [-0.2, -0.15) is 13.2 Å². The molecule has 6 heteroatoms. The highest BCUT2D eigenvalue weighted by molar-refractivity contribution is 5.94. The van der Waals surface area contributed by atoms with Gasteiger partial charge in [0.25, 0.3) is 5.91 Å². The van der Waals surface area contributed by atoms with E-state index in [2.05, 4.69) is 0 Å². The first-order chi connectivity index (χ1) is 10.2. The molecule has 3 nitrogen and oxygen atoms in total. The fourth-order valence-corrected chi connectivity index (χ4v) is 2.03. The minimum atomic E-state index is -4.42. The van der Waals surface area contributed by atoms with Crippen molar-refractivity contribution in [2.75, 3.05) is 13.7 Å². The number of carbonyl (C=O) groups excluding carboxylic acids is 1. The Hall–Kier alpha value is -1.56. The van der Waals surface area contributed by atoms with Crippen molar-refractivity contribution in [2.45, 2.75) is 39.6 Å². The van der Waals surface area contributed by atoms with Crippen LogP contribution in [0.3, 0.4) is 0 Å². The van der Waals surface area contributed by atoms with E-state index >= 15 is 0 Å². The van der Waals surface area contributed by atoms with Gasteiger partial charge in [-0.25, -0.2) is 0 Å². The van der Waals surface area contributed by atoms with Crippen molar-refractivity contribution in [3.63, 3.8) is 0 Å². The van der Waals surface area contributed by atoms with Crippen LogP contribution < -0.4 is 0 Å². The van der Waals surface area contributed by atoms with E-state index in [1.54, 1.807) is 40.0 Å². The number of benzene rings is 1. The highest BCUT2D eigenvalue weighted by Gasteiger charge is 2.36. The monoisotopic (exact) mass is 317 g/mol. The zero-order valence-corrected chi connectivity index (χ0v) is 13.3. The molecule has 0 radical (unpaired) electrons. The van der Waals surface area contributed by atoms with Crippen LogP contribution in [0.15, 0.2) is 24.3 Å². The molecule has 0 heterocycles. The van der Waals surface area contributed by atoms with E-state index in [1.807, 2.05) is 0 Å². The van der Waals surface area contributed by atoms with Crippen molar-refractivity contribution in [1.29, 1.82) is 0 Å². The molecule has 1 atom stereocenters. The lowest BCUT2D eigenvalue weighted by molar-refractivity contribution is -0.145. The van der Waals surface area contributed by atoms with E-state index in [0.29, 0.717) is 6.61 Å². The molecule has 1 amide bonds. The molecular formula is C16H22F3NO2. The first kappa shape index (κ1) is 18.5. The predicted octanol–water partition coefficient (Wildman–Crippen LogP) is 3.88. The van der Waals surface area contributed by atoms with Gasteiger partial charge in [0.05, 0.1) is 6.61 Å². The topological polar surface area (TPSA) is 29.5 Å². The number of methoxy groups -OCH3 is 1. The van der Waals surface area contributed by atoms with Crippen LogP contribution in [0.5, 0.6) is 0 Å². The molecule has 0 aliphatic rings. The molecule has 1 rings (SSSR count). The first-order valence-corrected chi connectivity index (χ1v) is 7.11. The molecule has 0 spiro atoms. The summed E-state index contributed by atoms with van der Waals surface area (Å²) < 4.78 is 43.2.